The predicted molar refractivity (Wildman–Crippen MR) is 92.9 cm³/mol. The van der Waals surface area contributed by atoms with E-state index in [1.165, 1.54) is 5.56 Å². The van der Waals surface area contributed by atoms with Crippen LogP contribution in [0.4, 0.5) is 10.6 Å². The van der Waals surface area contributed by atoms with Crippen molar-refractivity contribution in [3.63, 3.8) is 0 Å². The van der Waals surface area contributed by atoms with E-state index in [2.05, 4.69) is 21.4 Å². The first-order chi connectivity index (χ1) is 12.1. The van der Waals surface area contributed by atoms with E-state index in [1.807, 2.05) is 29.2 Å². The van der Waals surface area contributed by atoms with Crippen LogP contribution < -0.4 is 5.32 Å². The lowest BCUT2D eigenvalue weighted by atomic mass is 10.1. The van der Waals surface area contributed by atoms with Crippen molar-refractivity contribution >= 4 is 11.8 Å². The van der Waals surface area contributed by atoms with Crippen LogP contribution in [-0.2, 0) is 6.54 Å². The number of benzene rings is 1. The van der Waals surface area contributed by atoms with Gasteiger partial charge in [0.05, 0.1) is 11.6 Å². The van der Waals surface area contributed by atoms with Gasteiger partial charge in [0.1, 0.15) is 5.76 Å². The number of amides is 2. The highest BCUT2D eigenvalue weighted by Crippen LogP contribution is 2.12. The Kier molecular flexibility index (Phi) is 5.31. The summed E-state index contributed by atoms with van der Waals surface area (Å²) in [5.41, 5.74) is 1.85. The van der Waals surface area contributed by atoms with Gasteiger partial charge < -0.3 is 9.42 Å². The Balaban J connectivity index is 1.52. The quantitative estimate of drug-likeness (QED) is 0.929. The van der Waals surface area contributed by atoms with Crippen LogP contribution in [0.2, 0.25) is 0 Å². The maximum absolute atomic E-state index is 12.3. The summed E-state index contributed by atoms with van der Waals surface area (Å²) in [6.45, 7) is 5.74. The molecule has 1 fully saturated rings. The molecule has 0 spiro atoms. The number of nitriles is 1. The third-order valence-electron chi connectivity index (χ3n) is 4.23. The van der Waals surface area contributed by atoms with Crippen LogP contribution in [0.25, 0.3) is 0 Å². The molecule has 0 unspecified atom stereocenters. The number of rotatable bonds is 3. The largest absolute Gasteiger partial charge is 0.360 e. The predicted octanol–water partition coefficient (Wildman–Crippen LogP) is 2.59. The number of aromatic nitrogens is 1. The van der Waals surface area contributed by atoms with Gasteiger partial charge in [0.25, 0.3) is 0 Å². The van der Waals surface area contributed by atoms with Gasteiger partial charge in [-0.05, 0) is 31.0 Å². The van der Waals surface area contributed by atoms with Crippen molar-refractivity contribution in [3.05, 3.63) is 47.2 Å². The Morgan fingerprint density at radius 1 is 1.28 bits per heavy atom. The number of carbonyl (C=O) groups is 1. The fourth-order valence-corrected chi connectivity index (χ4v) is 2.89. The summed E-state index contributed by atoms with van der Waals surface area (Å²) < 4.78 is 4.97. The lowest BCUT2D eigenvalue weighted by molar-refractivity contribution is 0.210. The monoisotopic (exact) mass is 339 g/mol. The van der Waals surface area contributed by atoms with Crippen LogP contribution in [0, 0.1) is 18.3 Å². The molecule has 2 aromatic rings. The summed E-state index contributed by atoms with van der Waals surface area (Å²) in [7, 11) is 0. The number of urea groups is 1. The second kappa shape index (κ2) is 7.81. The zero-order valence-electron chi connectivity index (χ0n) is 14.2. The van der Waals surface area contributed by atoms with Crippen LogP contribution in [0.1, 0.15) is 23.3 Å². The molecule has 1 aliphatic rings. The van der Waals surface area contributed by atoms with E-state index in [0.29, 0.717) is 30.2 Å². The first kappa shape index (κ1) is 17.0. The number of aryl methyl sites for hydroxylation is 1. The molecule has 1 aliphatic heterocycles. The highest BCUT2D eigenvalue weighted by molar-refractivity contribution is 5.88. The van der Waals surface area contributed by atoms with Crippen LogP contribution in [0.5, 0.6) is 0 Å². The second-order valence-corrected chi connectivity index (χ2v) is 6.18. The SMILES string of the molecule is Cc1cc(NC(=O)N2CCCN(Cc3ccc(C#N)cc3)CC2)no1. The second-order valence-electron chi connectivity index (χ2n) is 6.18. The third kappa shape index (κ3) is 4.58. The molecule has 1 saturated heterocycles. The molecule has 1 N–H and O–H groups in total. The lowest BCUT2D eigenvalue weighted by Gasteiger charge is -2.22. The standard InChI is InChI=1S/C18H21N5O2/c1-14-11-17(21-25-14)20-18(24)23-8-2-7-22(9-10-23)13-16-5-3-15(12-19)4-6-16/h3-6,11H,2,7-10,13H2,1H3,(H,20,21,24). The minimum atomic E-state index is -0.145. The molecule has 3 rings (SSSR count). The summed E-state index contributed by atoms with van der Waals surface area (Å²) in [5.74, 6) is 1.11. The molecule has 1 aromatic carbocycles. The number of nitrogens with one attached hydrogen (secondary N) is 1. The smallest absolute Gasteiger partial charge is 0.323 e. The summed E-state index contributed by atoms with van der Waals surface area (Å²) >= 11 is 0. The summed E-state index contributed by atoms with van der Waals surface area (Å²) in [6.07, 6.45) is 0.918. The topological polar surface area (TPSA) is 85.4 Å². The van der Waals surface area contributed by atoms with Crippen LogP contribution in [-0.4, -0.2) is 47.2 Å². The number of hydrogen-bond acceptors (Lipinski definition) is 5. The van der Waals surface area contributed by atoms with Gasteiger partial charge in [0, 0.05) is 38.8 Å². The summed E-state index contributed by atoms with van der Waals surface area (Å²) in [5, 5.41) is 15.4. The van der Waals surface area contributed by atoms with Crippen molar-refractivity contribution in [2.24, 2.45) is 0 Å². The molecular weight excluding hydrogens is 318 g/mol. The van der Waals surface area contributed by atoms with Gasteiger partial charge in [-0.2, -0.15) is 5.26 Å². The maximum atomic E-state index is 12.3. The fraction of sp³-hybridized carbons (Fsp3) is 0.389. The Labute approximate surface area is 146 Å². The van der Waals surface area contributed by atoms with E-state index in [-0.39, 0.29) is 6.03 Å². The molecule has 0 atom stereocenters. The molecule has 2 heterocycles. The molecule has 0 aliphatic carbocycles. The first-order valence-electron chi connectivity index (χ1n) is 8.35. The molecule has 7 heteroatoms. The highest BCUT2D eigenvalue weighted by atomic mass is 16.5. The van der Waals surface area contributed by atoms with E-state index in [0.717, 1.165) is 26.1 Å². The van der Waals surface area contributed by atoms with Crippen molar-refractivity contribution in [1.82, 2.24) is 15.0 Å². The van der Waals surface area contributed by atoms with Gasteiger partial charge in [-0.3, -0.25) is 10.2 Å². The maximum Gasteiger partial charge on any atom is 0.323 e. The number of carbonyl (C=O) groups excluding carboxylic acids is 1. The molecule has 25 heavy (non-hydrogen) atoms. The Morgan fingerprint density at radius 3 is 2.76 bits per heavy atom. The van der Waals surface area contributed by atoms with Crippen molar-refractivity contribution < 1.29 is 9.32 Å². The van der Waals surface area contributed by atoms with Gasteiger partial charge in [0.15, 0.2) is 5.82 Å². The molecule has 130 valence electrons. The number of hydrogen-bond donors (Lipinski definition) is 1. The molecule has 2 amide bonds. The Bertz CT molecular complexity index is 763. The zero-order valence-corrected chi connectivity index (χ0v) is 14.2. The minimum Gasteiger partial charge on any atom is -0.360 e. The molecule has 0 saturated carbocycles. The lowest BCUT2D eigenvalue weighted by Crippen LogP contribution is -2.38. The molecule has 0 bridgehead atoms. The summed E-state index contributed by atoms with van der Waals surface area (Å²) in [6, 6.07) is 11.3. The van der Waals surface area contributed by atoms with E-state index < -0.39 is 0 Å². The molecule has 1 aromatic heterocycles. The highest BCUT2D eigenvalue weighted by Gasteiger charge is 2.20. The molecular formula is C18H21N5O2. The van der Waals surface area contributed by atoms with E-state index >= 15 is 0 Å². The van der Waals surface area contributed by atoms with Gasteiger partial charge >= 0.3 is 6.03 Å². The van der Waals surface area contributed by atoms with Gasteiger partial charge in [-0.1, -0.05) is 17.3 Å². The number of nitrogens with zero attached hydrogens (tertiary/aromatic N) is 4. The van der Waals surface area contributed by atoms with E-state index in [9.17, 15) is 4.79 Å². The third-order valence-corrected chi connectivity index (χ3v) is 4.23. The zero-order chi connectivity index (χ0) is 17.6. The van der Waals surface area contributed by atoms with Gasteiger partial charge in [-0.15, -0.1) is 0 Å². The average Bonchev–Trinajstić information content (AvgIpc) is 2.88. The van der Waals surface area contributed by atoms with Gasteiger partial charge in [0.2, 0.25) is 0 Å². The van der Waals surface area contributed by atoms with Crippen molar-refractivity contribution in [3.8, 4) is 6.07 Å². The Morgan fingerprint density at radius 2 is 2.08 bits per heavy atom. The van der Waals surface area contributed by atoms with Crippen LogP contribution in [0.15, 0.2) is 34.9 Å². The van der Waals surface area contributed by atoms with Crippen molar-refractivity contribution in [2.45, 2.75) is 19.9 Å². The first-order valence-corrected chi connectivity index (χ1v) is 8.35. The van der Waals surface area contributed by atoms with E-state index in [4.69, 9.17) is 9.78 Å². The fourth-order valence-electron chi connectivity index (χ4n) is 2.89. The number of anilines is 1. The molecule has 0 radical (unpaired) electrons. The normalized spacial score (nSPS) is 15.4. The van der Waals surface area contributed by atoms with Crippen LogP contribution >= 0.6 is 0 Å². The summed E-state index contributed by atoms with van der Waals surface area (Å²) in [4.78, 5) is 16.5. The average molecular weight is 339 g/mol. The van der Waals surface area contributed by atoms with Gasteiger partial charge in [-0.25, -0.2) is 4.79 Å². The van der Waals surface area contributed by atoms with E-state index in [1.54, 1.807) is 13.0 Å². The Hall–Kier alpha value is -2.85. The van der Waals surface area contributed by atoms with Crippen LogP contribution in [0.3, 0.4) is 0 Å². The molecule has 7 nitrogen and oxygen atoms in total. The van der Waals surface area contributed by atoms with Crippen molar-refractivity contribution in [2.75, 3.05) is 31.5 Å². The minimum absolute atomic E-state index is 0.145. The van der Waals surface area contributed by atoms with Crippen molar-refractivity contribution in [1.29, 1.82) is 5.26 Å².